The maximum absolute atomic E-state index is 12.1. The van der Waals surface area contributed by atoms with E-state index in [1.807, 2.05) is 36.4 Å². The molecule has 0 aliphatic carbocycles. The molecule has 152 valence electrons. The van der Waals surface area contributed by atoms with Crippen LogP contribution in [-0.2, 0) is 20.9 Å². The first-order chi connectivity index (χ1) is 14.6. The third kappa shape index (κ3) is 5.23. The zero-order chi connectivity index (χ0) is 21.3. The van der Waals surface area contributed by atoms with Gasteiger partial charge in [0.1, 0.15) is 30.5 Å². The zero-order valence-corrected chi connectivity index (χ0v) is 16.4. The molecule has 0 spiro atoms. The summed E-state index contributed by atoms with van der Waals surface area (Å²) in [6, 6.07) is 20.2. The van der Waals surface area contributed by atoms with Crippen LogP contribution >= 0.6 is 0 Å². The summed E-state index contributed by atoms with van der Waals surface area (Å²) < 4.78 is 12.1. The molecule has 0 saturated carbocycles. The van der Waals surface area contributed by atoms with Gasteiger partial charge in [-0.25, -0.2) is 4.68 Å². The first kappa shape index (κ1) is 20.6. The monoisotopic (exact) mass is 404 g/mol. The Balaban J connectivity index is 1.54. The highest BCUT2D eigenvalue weighted by Crippen LogP contribution is 2.19. The third-order valence-electron chi connectivity index (χ3n) is 4.18. The third-order valence-corrected chi connectivity index (χ3v) is 4.18. The van der Waals surface area contributed by atoms with E-state index in [2.05, 4.69) is 16.5 Å². The second kappa shape index (κ2) is 9.89. The van der Waals surface area contributed by atoms with E-state index in [4.69, 9.17) is 9.47 Å². The van der Waals surface area contributed by atoms with Gasteiger partial charge in [-0.3, -0.25) is 9.59 Å². The quantitative estimate of drug-likeness (QED) is 0.578. The van der Waals surface area contributed by atoms with Crippen LogP contribution in [0.15, 0.2) is 60.7 Å². The van der Waals surface area contributed by atoms with Crippen molar-refractivity contribution in [2.45, 2.75) is 13.5 Å². The second-order valence-electron chi connectivity index (χ2n) is 6.31. The second-order valence-corrected chi connectivity index (χ2v) is 6.31. The highest BCUT2D eigenvalue weighted by Gasteiger charge is 2.18. The summed E-state index contributed by atoms with van der Waals surface area (Å²) >= 11 is 0. The number of nitriles is 1. The van der Waals surface area contributed by atoms with E-state index in [1.165, 1.54) is 0 Å². The molecular weight excluding hydrogens is 384 g/mol. The lowest BCUT2D eigenvalue weighted by Crippen LogP contribution is -2.34. The molecule has 3 rings (SSSR count). The van der Waals surface area contributed by atoms with Crippen LogP contribution in [0.4, 0.5) is 0 Å². The van der Waals surface area contributed by atoms with Crippen LogP contribution in [0.1, 0.15) is 17.0 Å². The molecule has 30 heavy (non-hydrogen) atoms. The fraction of sp³-hybridized carbons (Fsp3) is 0.182. The minimum absolute atomic E-state index is 0.145. The summed E-state index contributed by atoms with van der Waals surface area (Å²) in [6.07, 6.45) is 0. The maximum Gasteiger partial charge on any atom is 0.325 e. The molecule has 0 bridgehead atoms. The number of carbonyl (C=O) groups is 2. The number of hydrogen-bond acceptors (Lipinski definition) is 6. The van der Waals surface area contributed by atoms with Gasteiger partial charge in [-0.15, -0.1) is 0 Å². The lowest BCUT2D eigenvalue weighted by molar-refractivity contribution is -0.145. The summed E-state index contributed by atoms with van der Waals surface area (Å²) in [5.41, 5.74) is 2.11. The Kier molecular flexibility index (Phi) is 6.79. The number of benzene rings is 2. The smallest absolute Gasteiger partial charge is 0.325 e. The molecular formula is C22H20N4O4. The summed E-state index contributed by atoms with van der Waals surface area (Å²) in [5.74, 6) is -0.520. The number of rotatable bonds is 8. The predicted octanol–water partition coefficient (Wildman–Crippen LogP) is 2.29. The van der Waals surface area contributed by atoms with Gasteiger partial charge in [-0.05, 0) is 31.2 Å². The van der Waals surface area contributed by atoms with Crippen molar-refractivity contribution in [2.75, 3.05) is 13.2 Å². The standard InChI is InChI=1S/C22H20N4O4/c1-16-19(12-23)20(26(25-16)17-8-4-2-5-9-17)14-30-22(28)13-24-21(27)15-29-18-10-6-3-7-11-18/h2-11H,13-15H2,1H3,(H,24,27). The Morgan fingerprint density at radius 3 is 2.43 bits per heavy atom. The highest BCUT2D eigenvalue weighted by molar-refractivity contribution is 5.82. The molecule has 0 saturated heterocycles. The Morgan fingerprint density at radius 2 is 1.77 bits per heavy atom. The van der Waals surface area contributed by atoms with Crippen LogP contribution < -0.4 is 10.1 Å². The van der Waals surface area contributed by atoms with Gasteiger partial charge in [0.2, 0.25) is 0 Å². The van der Waals surface area contributed by atoms with Crippen molar-refractivity contribution in [2.24, 2.45) is 0 Å². The van der Waals surface area contributed by atoms with Crippen LogP contribution in [0.3, 0.4) is 0 Å². The van der Waals surface area contributed by atoms with E-state index in [-0.39, 0.29) is 19.8 Å². The Labute approximate surface area is 173 Å². The topological polar surface area (TPSA) is 106 Å². The van der Waals surface area contributed by atoms with Crippen LogP contribution in [0.5, 0.6) is 5.75 Å². The van der Waals surface area contributed by atoms with E-state index >= 15 is 0 Å². The van der Waals surface area contributed by atoms with E-state index in [1.54, 1.807) is 35.9 Å². The molecule has 2 aromatic carbocycles. The van der Waals surface area contributed by atoms with Crippen LogP contribution in [0, 0.1) is 18.3 Å². The van der Waals surface area contributed by atoms with Crippen molar-refractivity contribution in [3.63, 3.8) is 0 Å². The molecule has 0 atom stereocenters. The molecule has 0 unspecified atom stereocenters. The van der Waals surface area contributed by atoms with E-state index < -0.39 is 11.9 Å². The number of aryl methyl sites for hydroxylation is 1. The van der Waals surface area contributed by atoms with E-state index in [0.717, 1.165) is 5.69 Å². The van der Waals surface area contributed by atoms with Gasteiger partial charge in [0.15, 0.2) is 6.61 Å². The Morgan fingerprint density at radius 1 is 1.10 bits per heavy atom. The Hall–Kier alpha value is -4.12. The SMILES string of the molecule is Cc1nn(-c2ccccc2)c(COC(=O)CNC(=O)COc2ccccc2)c1C#N. The van der Waals surface area contributed by atoms with Gasteiger partial charge in [-0.2, -0.15) is 10.4 Å². The summed E-state index contributed by atoms with van der Waals surface area (Å²) in [5, 5.41) is 16.3. The van der Waals surface area contributed by atoms with Gasteiger partial charge in [0, 0.05) is 0 Å². The lowest BCUT2D eigenvalue weighted by atomic mass is 10.2. The van der Waals surface area contributed by atoms with Crippen molar-refractivity contribution >= 4 is 11.9 Å². The Bertz CT molecular complexity index is 1060. The number of para-hydroxylation sites is 2. The van der Waals surface area contributed by atoms with Gasteiger partial charge in [0.25, 0.3) is 5.91 Å². The van der Waals surface area contributed by atoms with Crippen LogP contribution in [0.25, 0.3) is 5.69 Å². The number of amides is 1. The number of carbonyl (C=O) groups excluding carboxylic acids is 2. The normalized spacial score (nSPS) is 10.1. The van der Waals surface area contributed by atoms with Gasteiger partial charge in [-0.1, -0.05) is 36.4 Å². The number of ether oxygens (including phenoxy) is 2. The van der Waals surface area contributed by atoms with Gasteiger partial charge in [0.05, 0.1) is 17.1 Å². The van der Waals surface area contributed by atoms with Crippen molar-refractivity contribution in [1.82, 2.24) is 15.1 Å². The largest absolute Gasteiger partial charge is 0.484 e. The van der Waals surface area contributed by atoms with Crippen molar-refractivity contribution in [3.8, 4) is 17.5 Å². The molecule has 1 amide bonds. The molecule has 1 heterocycles. The lowest BCUT2D eigenvalue weighted by Gasteiger charge is -2.10. The van der Waals surface area contributed by atoms with Gasteiger partial charge >= 0.3 is 5.97 Å². The van der Waals surface area contributed by atoms with E-state index in [0.29, 0.717) is 22.7 Å². The number of aromatic nitrogens is 2. The van der Waals surface area contributed by atoms with Crippen molar-refractivity contribution in [1.29, 1.82) is 5.26 Å². The molecule has 8 heteroatoms. The number of nitrogens with one attached hydrogen (secondary N) is 1. The molecule has 0 aliphatic heterocycles. The fourth-order valence-corrected chi connectivity index (χ4v) is 2.72. The molecule has 1 aromatic heterocycles. The van der Waals surface area contributed by atoms with Crippen molar-refractivity contribution < 1.29 is 19.1 Å². The van der Waals surface area contributed by atoms with Crippen LogP contribution in [-0.4, -0.2) is 34.8 Å². The zero-order valence-electron chi connectivity index (χ0n) is 16.4. The molecule has 0 aliphatic rings. The van der Waals surface area contributed by atoms with Gasteiger partial charge < -0.3 is 14.8 Å². The van der Waals surface area contributed by atoms with E-state index in [9.17, 15) is 14.9 Å². The predicted molar refractivity (Wildman–Crippen MR) is 108 cm³/mol. The summed E-state index contributed by atoms with van der Waals surface area (Å²) in [4.78, 5) is 23.9. The highest BCUT2D eigenvalue weighted by atomic mass is 16.5. The molecule has 3 aromatic rings. The molecule has 8 nitrogen and oxygen atoms in total. The molecule has 0 radical (unpaired) electrons. The fourth-order valence-electron chi connectivity index (χ4n) is 2.72. The van der Waals surface area contributed by atoms with Crippen LogP contribution in [0.2, 0.25) is 0 Å². The summed E-state index contributed by atoms with van der Waals surface area (Å²) in [6.45, 7) is 1.05. The minimum Gasteiger partial charge on any atom is -0.484 e. The number of hydrogen-bond donors (Lipinski definition) is 1. The molecule has 0 fully saturated rings. The first-order valence-electron chi connectivity index (χ1n) is 9.22. The first-order valence-corrected chi connectivity index (χ1v) is 9.22. The van der Waals surface area contributed by atoms with Crippen molar-refractivity contribution in [3.05, 3.63) is 77.6 Å². The summed E-state index contributed by atoms with van der Waals surface area (Å²) in [7, 11) is 0. The maximum atomic E-state index is 12.1. The number of esters is 1. The molecule has 1 N–H and O–H groups in total. The average Bonchev–Trinajstić information content (AvgIpc) is 3.11. The average molecular weight is 404 g/mol. The number of nitrogens with zero attached hydrogens (tertiary/aromatic N) is 3. The minimum atomic E-state index is -0.634.